The zero-order valence-corrected chi connectivity index (χ0v) is 10.8. The summed E-state index contributed by atoms with van der Waals surface area (Å²) in [7, 11) is 0. The summed E-state index contributed by atoms with van der Waals surface area (Å²) in [6, 6.07) is 0.650. The number of esters is 1. The molecule has 3 heteroatoms. The summed E-state index contributed by atoms with van der Waals surface area (Å²) >= 11 is 0. The molecule has 0 aromatic rings. The first-order valence-electron chi connectivity index (χ1n) is 6.42. The maximum atomic E-state index is 11.1. The van der Waals surface area contributed by atoms with Crippen LogP contribution in [0.3, 0.4) is 0 Å². The topological polar surface area (TPSA) is 38.3 Å². The van der Waals surface area contributed by atoms with E-state index in [1.807, 2.05) is 6.92 Å². The van der Waals surface area contributed by atoms with E-state index in [4.69, 9.17) is 4.74 Å². The number of hydrogen-bond acceptors (Lipinski definition) is 3. The van der Waals surface area contributed by atoms with Crippen molar-refractivity contribution < 1.29 is 9.53 Å². The predicted molar refractivity (Wildman–Crippen MR) is 65.3 cm³/mol. The second kappa shape index (κ2) is 6.24. The van der Waals surface area contributed by atoms with Gasteiger partial charge in [-0.2, -0.15) is 0 Å². The number of rotatable bonds is 6. The van der Waals surface area contributed by atoms with Gasteiger partial charge in [-0.1, -0.05) is 13.8 Å². The van der Waals surface area contributed by atoms with E-state index in [9.17, 15) is 4.79 Å². The van der Waals surface area contributed by atoms with Crippen LogP contribution in [-0.2, 0) is 9.53 Å². The summed E-state index contributed by atoms with van der Waals surface area (Å²) in [5.41, 5.74) is 0.499. The first-order chi connectivity index (χ1) is 7.53. The molecule has 1 fully saturated rings. The van der Waals surface area contributed by atoms with Gasteiger partial charge in [0.1, 0.15) is 0 Å². The molecule has 1 unspecified atom stereocenters. The van der Waals surface area contributed by atoms with Crippen LogP contribution in [0, 0.1) is 5.41 Å². The highest BCUT2D eigenvalue weighted by atomic mass is 16.5. The Kier molecular flexibility index (Phi) is 5.26. The van der Waals surface area contributed by atoms with Gasteiger partial charge < -0.3 is 10.1 Å². The Morgan fingerprint density at radius 3 is 2.81 bits per heavy atom. The molecule has 0 radical (unpaired) electrons. The molecule has 0 bridgehead atoms. The molecule has 0 aromatic carbocycles. The molecular weight excluding hydrogens is 202 g/mol. The normalized spacial score (nSPS) is 23.3. The Hall–Kier alpha value is -0.570. The quantitative estimate of drug-likeness (QED) is 0.559. The molecule has 1 aliphatic carbocycles. The molecule has 0 saturated heterocycles. The highest BCUT2D eigenvalue weighted by Crippen LogP contribution is 2.36. The van der Waals surface area contributed by atoms with E-state index in [0.29, 0.717) is 24.5 Å². The molecule has 1 atom stereocenters. The number of carbonyl (C=O) groups is 1. The van der Waals surface area contributed by atoms with Crippen LogP contribution in [0.25, 0.3) is 0 Å². The zero-order valence-electron chi connectivity index (χ0n) is 10.8. The van der Waals surface area contributed by atoms with Crippen LogP contribution in [0.1, 0.15) is 52.9 Å². The van der Waals surface area contributed by atoms with Gasteiger partial charge >= 0.3 is 5.97 Å². The Morgan fingerprint density at radius 2 is 2.25 bits per heavy atom. The molecule has 0 heterocycles. The van der Waals surface area contributed by atoms with E-state index < -0.39 is 0 Å². The molecule has 0 aromatic heterocycles. The van der Waals surface area contributed by atoms with Crippen LogP contribution < -0.4 is 5.32 Å². The second-order valence-electron chi connectivity index (χ2n) is 5.47. The van der Waals surface area contributed by atoms with Gasteiger partial charge in [-0.25, -0.2) is 0 Å². The molecule has 0 amide bonds. The van der Waals surface area contributed by atoms with Crippen molar-refractivity contribution in [3.63, 3.8) is 0 Å². The molecule has 1 aliphatic rings. The van der Waals surface area contributed by atoms with Gasteiger partial charge in [0.2, 0.25) is 0 Å². The van der Waals surface area contributed by atoms with Gasteiger partial charge in [-0.15, -0.1) is 0 Å². The zero-order chi connectivity index (χ0) is 12.0. The molecule has 0 spiro atoms. The maximum Gasteiger partial charge on any atom is 0.305 e. The molecule has 1 rings (SSSR count). The van der Waals surface area contributed by atoms with E-state index in [1.165, 1.54) is 19.3 Å². The minimum atomic E-state index is -0.0731. The predicted octanol–water partition coefficient (Wildman–Crippen LogP) is 2.50. The molecule has 1 saturated carbocycles. The standard InChI is InChI=1S/C13H25NO2/c1-4-16-12(15)6-5-9-14-11-7-8-13(2,3)10-11/h11,14H,4-10H2,1-3H3. The van der Waals surface area contributed by atoms with Crippen molar-refractivity contribution >= 4 is 5.97 Å². The van der Waals surface area contributed by atoms with Gasteiger partial charge in [0.05, 0.1) is 6.61 Å². The van der Waals surface area contributed by atoms with Crippen molar-refractivity contribution in [3.05, 3.63) is 0 Å². The van der Waals surface area contributed by atoms with Crippen molar-refractivity contribution in [2.75, 3.05) is 13.2 Å². The van der Waals surface area contributed by atoms with E-state index in [-0.39, 0.29) is 5.97 Å². The molecule has 94 valence electrons. The Morgan fingerprint density at radius 1 is 1.50 bits per heavy atom. The van der Waals surface area contributed by atoms with Crippen molar-refractivity contribution in [1.29, 1.82) is 0 Å². The smallest absolute Gasteiger partial charge is 0.305 e. The number of carbonyl (C=O) groups excluding carboxylic acids is 1. The highest BCUT2D eigenvalue weighted by molar-refractivity contribution is 5.69. The van der Waals surface area contributed by atoms with E-state index in [2.05, 4.69) is 19.2 Å². The SMILES string of the molecule is CCOC(=O)CCCNC1CCC(C)(C)C1. The summed E-state index contributed by atoms with van der Waals surface area (Å²) in [6.07, 6.45) is 5.26. The fourth-order valence-electron chi connectivity index (χ4n) is 2.38. The Bertz CT molecular complexity index is 226. The molecule has 0 aliphatic heterocycles. The third-order valence-electron chi connectivity index (χ3n) is 3.26. The summed E-state index contributed by atoms with van der Waals surface area (Å²) in [5.74, 6) is -0.0731. The van der Waals surface area contributed by atoms with Crippen molar-refractivity contribution in [2.24, 2.45) is 5.41 Å². The molecule has 16 heavy (non-hydrogen) atoms. The lowest BCUT2D eigenvalue weighted by molar-refractivity contribution is -0.143. The van der Waals surface area contributed by atoms with Gasteiger partial charge in [0.15, 0.2) is 0 Å². The highest BCUT2D eigenvalue weighted by Gasteiger charge is 2.30. The largest absolute Gasteiger partial charge is 0.466 e. The average Bonchev–Trinajstić information content (AvgIpc) is 2.54. The van der Waals surface area contributed by atoms with E-state index in [1.54, 1.807) is 0 Å². The van der Waals surface area contributed by atoms with Gasteiger partial charge in [-0.3, -0.25) is 4.79 Å². The minimum Gasteiger partial charge on any atom is -0.466 e. The fourth-order valence-corrected chi connectivity index (χ4v) is 2.38. The third kappa shape index (κ3) is 4.97. The van der Waals surface area contributed by atoms with Crippen LogP contribution in [0.5, 0.6) is 0 Å². The van der Waals surface area contributed by atoms with Gasteiger partial charge in [0.25, 0.3) is 0 Å². The van der Waals surface area contributed by atoms with Crippen LogP contribution in [-0.4, -0.2) is 25.2 Å². The lowest BCUT2D eigenvalue weighted by Gasteiger charge is -2.17. The number of hydrogen-bond donors (Lipinski definition) is 1. The Balaban J connectivity index is 2.02. The van der Waals surface area contributed by atoms with Crippen molar-refractivity contribution in [3.8, 4) is 0 Å². The summed E-state index contributed by atoms with van der Waals surface area (Å²) < 4.78 is 4.88. The molecule has 3 nitrogen and oxygen atoms in total. The van der Waals surface area contributed by atoms with Gasteiger partial charge in [0, 0.05) is 12.5 Å². The first kappa shape index (κ1) is 13.5. The van der Waals surface area contributed by atoms with Crippen LogP contribution in [0.4, 0.5) is 0 Å². The van der Waals surface area contributed by atoms with Gasteiger partial charge in [-0.05, 0) is 44.6 Å². The fraction of sp³-hybridized carbons (Fsp3) is 0.923. The van der Waals surface area contributed by atoms with Crippen LogP contribution in [0.15, 0.2) is 0 Å². The summed E-state index contributed by atoms with van der Waals surface area (Å²) in [4.78, 5) is 11.1. The second-order valence-corrected chi connectivity index (χ2v) is 5.47. The first-order valence-corrected chi connectivity index (χ1v) is 6.42. The lowest BCUT2D eigenvalue weighted by atomic mass is 9.92. The molecular formula is C13H25NO2. The number of ether oxygens (including phenoxy) is 1. The minimum absolute atomic E-state index is 0.0731. The monoisotopic (exact) mass is 227 g/mol. The number of nitrogens with one attached hydrogen (secondary N) is 1. The molecule has 1 N–H and O–H groups in total. The summed E-state index contributed by atoms with van der Waals surface area (Å²) in [6.45, 7) is 7.92. The van der Waals surface area contributed by atoms with Crippen molar-refractivity contribution in [1.82, 2.24) is 5.32 Å². The third-order valence-corrected chi connectivity index (χ3v) is 3.26. The average molecular weight is 227 g/mol. The lowest BCUT2D eigenvalue weighted by Crippen LogP contribution is -2.28. The van der Waals surface area contributed by atoms with Crippen molar-refractivity contribution in [2.45, 2.75) is 58.9 Å². The van der Waals surface area contributed by atoms with E-state index in [0.717, 1.165) is 13.0 Å². The van der Waals surface area contributed by atoms with Crippen LogP contribution >= 0.6 is 0 Å². The summed E-state index contributed by atoms with van der Waals surface area (Å²) in [5, 5.41) is 3.53. The van der Waals surface area contributed by atoms with Crippen LogP contribution in [0.2, 0.25) is 0 Å². The maximum absolute atomic E-state index is 11.1. The van der Waals surface area contributed by atoms with E-state index >= 15 is 0 Å². The Labute approximate surface area is 98.9 Å².